The summed E-state index contributed by atoms with van der Waals surface area (Å²) < 4.78 is 8.01. The third-order valence-corrected chi connectivity index (χ3v) is 3.78. The van der Waals surface area contributed by atoms with Crippen LogP contribution in [0.3, 0.4) is 0 Å². The fourth-order valence-electron chi connectivity index (χ4n) is 2.03. The van der Waals surface area contributed by atoms with Gasteiger partial charge in [0.15, 0.2) is 0 Å². The summed E-state index contributed by atoms with van der Waals surface area (Å²) >= 11 is 2.12. The monoisotopic (exact) mass is 349 g/mol. The van der Waals surface area contributed by atoms with Gasteiger partial charge in [0.25, 0.3) is 5.91 Å². The van der Waals surface area contributed by atoms with Crippen molar-refractivity contribution >= 4 is 28.5 Å². The maximum atomic E-state index is 12.1. The number of hydrogen-bond acceptors (Lipinski definition) is 3. The average Bonchev–Trinajstić information content (AvgIpc) is 2.88. The summed E-state index contributed by atoms with van der Waals surface area (Å²) in [6.45, 7) is 2.78. The third-order valence-electron chi connectivity index (χ3n) is 2.99. The highest BCUT2D eigenvalue weighted by atomic mass is 127. The standard InChI is InChI=1S/C11H16IN3O2/c1-7(9-4-3-5-17-9)14-11(16)10-8(12)6-13-15(10)2/h6-7,9H,3-5H2,1-2H3,(H,14,16)/t7-,9-/m0/s1. The van der Waals surface area contributed by atoms with Crippen molar-refractivity contribution in [2.24, 2.45) is 7.05 Å². The van der Waals surface area contributed by atoms with Gasteiger partial charge in [0.1, 0.15) is 5.69 Å². The maximum Gasteiger partial charge on any atom is 0.270 e. The zero-order valence-corrected chi connectivity index (χ0v) is 12.1. The minimum atomic E-state index is -0.0857. The largest absolute Gasteiger partial charge is 0.376 e. The lowest BCUT2D eigenvalue weighted by atomic mass is 10.1. The topological polar surface area (TPSA) is 56.2 Å². The van der Waals surface area contributed by atoms with E-state index in [1.165, 1.54) is 0 Å². The molecule has 1 N–H and O–H groups in total. The predicted molar refractivity (Wildman–Crippen MR) is 71.8 cm³/mol. The van der Waals surface area contributed by atoms with Crippen LogP contribution >= 0.6 is 22.6 Å². The zero-order chi connectivity index (χ0) is 12.4. The summed E-state index contributed by atoms with van der Waals surface area (Å²) in [5.41, 5.74) is 0.607. The van der Waals surface area contributed by atoms with E-state index >= 15 is 0 Å². The number of carbonyl (C=O) groups is 1. The Labute approximate surface area is 114 Å². The number of aryl methyl sites for hydroxylation is 1. The highest BCUT2D eigenvalue weighted by Gasteiger charge is 2.25. The zero-order valence-electron chi connectivity index (χ0n) is 9.94. The Balaban J connectivity index is 2.01. The van der Waals surface area contributed by atoms with Crippen LogP contribution in [0.4, 0.5) is 0 Å². The van der Waals surface area contributed by atoms with E-state index in [2.05, 4.69) is 33.0 Å². The molecule has 5 nitrogen and oxygen atoms in total. The van der Waals surface area contributed by atoms with Gasteiger partial charge in [0.05, 0.1) is 21.9 Å². The van der Waals surface area contributed by atoms with Crippen molar-refractivity contribution in [1.29, 1.82) is 0 Å². The van der Waals surface area contributed by atoms with E-state index in [0.29, 0.717) is 5.69 Å². The van der Waals surface area contributed by atoms with Crippen LogP contribution in [0.1, 0.15) is 30.3 Å². The van der Waals surface area contributed by atoms with Gasteiger partial charge >= 0.3 is 0 Å². The van der Waals surface area contributed by atoms with E-state index in [1.807, 2.05) is 6.92 Å². The molecule has 1 aliphatic rings. The van der Waals surface area contributed by atoms with Crippen LogP contribution in [-0.2, 0) is 11.8 Å². The van der Waals surface area contributed by atoms with Gasteiger partial charge in [-0.1, -0.05) is 0 Å². The van der Waals surface area contributed by atoms with Gasteiger partial charge in [-0.3, -0.25) is 9.48 Å². The molecule has 1 saturated heterocycles. The number of ether oxygens (including phenoxy) is 1. The molecular formula is C11H16IN3O2. The van der Waals surface area contributed by atoms with Crippen LogP contribution in [-0.4, -0.2) is 34.4 Å². The van der Waals surface area contributed by atoms with E-state index < -0.39 is 0 Å². The maximum absolute atomic E-state index is 12.1. The van der Waals surface area contributed by atoms with Crippen molar-refractivity contribution in [3.8, 4) is 0 Å². The molecular weight excluding hydrogens is 333 g/mol. The second kappa shape index (κ2) is 5.34. The molecule has 0 unspecified atom stereocenters. The smallest absolute Gasteiger partial charge is 0.270 e. The van der Waals surface area contributed by atoms with Crippen LogP contribution in [0.2, 0.25) is 0 Å². The molecule has 1 amide bonds. The molecule has 0 aromatic carbocycles. The van der Waals surface area contributed by atoms with Crippen LogP contribution in [0.25, 0.3) is 0 Å². The van der Waals surface area contributed by atoms with Gasteiger partial charge < -0.3 is 10.1 Å². The van der Waals surface area contributed by atoms with Crippen LogP contribution in [0.5, 0.6) is 0 Å². The molecule has 1 fully saturated rings. The average molecular weight is 349 g/mol. The summed E-state index contributed by atoms with van der Waals surface area (Å²) in [6, 6.07) is 0.0377. The summed E-state index contributed by atoms with van der Waals surface area (Å²) in [6.07, 6.45) is 3.93. The van der Waals surface area contributed by atoms with Crippen LogP contribution < -0.4 is 5.32 Å². The second-order valence-corrected chi connectivity index (χ2v) is 5.44. The van der Waals surface area contributed by atoms with Crippen molar-refractivity contribution in [2.75, 3.05) is 6.61 Å². The van der Waals surface area contributed by atoms with Crippen molar-refractivity contribution in [1.82, 2.24) is 15.1 Å². The van der Waals surface area contributed by atoms with Crippen LogP contribution in [0, 0.1) is 3.57 Å². The number of halogens is 1. The molecule has 94 valence electrons. The SMILES string of the molecule is C[C@H](NC(=O)c1c(I)cnn1C)[C@@H]1CCCO1. The van der Waals surface area contributed by atoms with E-state index in [1.54, 1.807) is 17.9 Å². The van der Waals surface area contributed by atoms with Crippen molar-refractivity contribution in [2.45, 2.75) is 31.9 Å². The first-order chi connectivity index (χ1) is 8.09. The number of rotatable bonds is 3. The lowest BCUT2D eigenvalue weighted by molar-refractivity contribution is 0.0706. The minimum absolute atomic E-state index is 0.0377. The summed E-state index contributed by atoms with van der Waals surface area (Å²) in [5.74, 6) is -0.0857. The first-order valence-corrected chi connectivity index (χ1v) is 6.77. The Morgan fingerprint density at radius 2 is 2.53 bits per heavy atom. The van der Waals surface area contributed by atoms with E-state index in [-0.39, 0.29) is 18.1 Å². The lowest BCUT2D eigenvalue weighted by Gasteiger charge is -2.20. The van der Waals surface area contributed by atoms with Crippen molar-refractivity contribution < 1.29 is 9.53 Å². The normalized spacial score (nSPS) is 21.5. The van der Waals surface area contributed by atoms with Gasteiger partial charge in [-0.15, -0.1) is 0 Å². The fraction of sp³-hybridized carbons (Fsp3) is 0.636. The Morgan fingerprint density at radius 1 is 1.76 bits per heavy atom. The summed E-state index contributed by atoms with van der Waals surface area (Å²) in [5, 5.41) is 7.04. The quantitative estimate of drug-likeness (QED) is 0.838. The van der Waals surface area contributed by atoms with Gasteiger partial charge in [0, 0.05) is 13.7 Å². The van der Waals surface area contributed by atoms with Gasteiger partial charge in [-0.05, 0) is 42.4 Å². The number of nitrogens with one attached hydrogen (secondary N) is 1. The first-order valence-electron chi connectivity index (χ1n) is 5.69. The minimum Gasteiger partial charge on any atom is -0.376 e. The molecule has 0 aliphatic carbocycles. The molecule has 2 rings (SSSR count). The number of carbonyl (C=O) groups excluding carboxylic acids is 1. The number of nitrogens with zero attached hydrogens (tertiary/aromatic N) is 2. The first kappa shape index (κ1) is 12.8. The van der Waals surface area contributed by atoms with Crippen molar-refractivity contribution in [3.63, 3.8) is 0 Å². The molecule has 0 spiro atoms. The second-order valence-electron chi connectivity index (χ2n) is 4.28. The molecule has 1 aliphatic heterocycles. The van der Waals surface area contributed by atoms with Gasteiger partial charge in [-0.25, -0.2) is 0 Å². The Kier molecular flexibility index (Phi) is 4.03. The molecule has 0 radical (unpaired) electrons. The Morgan fingerprint density at radius 3 is 3.06 bits per heavy atom. The van der Waals surface area contributed by atoms with E-state index in [9.17, 15) is 4.79 Å². The Hall–Kier alpha value is -0.630. The predicted octanol–water partition coefficient (Wildman–Crippen LogP) is 1.32. The molecule has 2 atom stereocenters. The van der Waals surface area contributed by atoms with E-state index in [0.717, 1.165) is 23.0 Å². The molecule has 0 bridgehead atoms. The van der Waals surface area contributed by atoms with Crippen LogP contribution in [0.15, 0.2) is 6.20 Å². The summed E-state index contributed by atoms with van der Waals surface area (Å²) in [7, 11) is 1.77. The molecule has 0 saturated carbocycles. The Bertz CT molecular complexity index is 393. The highest BCUT2D eigenvalue weighted by Crippen LogP contribution is 2.16. The molecule has 2 heterocycles. The van der Waals surface area contributed by atoms with Gasteiger partial charge in [0.2, 0.25) is 0 Å². The molecule has 1 aromatic heterocycles. The third kappa shape index (κ3) is 2.79. The fourth-order valence-corrected chi connectivity index (χ4v) is 2.75. The lowest BCUT2D eigenvalue weighted by Crippen LogP contribution is -2.41. The molecule has 1 aromatic rings. The van der Waals surface area contributed by atoms with Crippen molar-refractivity contribution in [3.05, 3.63) is 15.5 Å². The number of hydrogen-bond donors (Lipinski definition) is 1. The van der Waals surface area contributed by atoms with Gasteiger partial charge in [-0.2, -0.15) is 5.10 Å². The molecule has 6 heteroatoms. The highest BCUT2D eigenvalue weighted by molar-refractivity contribution is 14.1. The number of amides is 1. The van der Waals surface area contributed by atoms with E-state index in [4.69, 9.17) is 4.74 Å². The molecule has 17 heavy (non-hydrogen) atoms. The summed E-state index contributed by atoms with van der Waals surface area (Å²) in [4.78, 5) is 12.1. The number of aromatic nitrogens is 2.